The third-order valence-corrected chi connectivity index (χ3v) is 2.18. The van der Waals surface area contributed by atoms with Gasteiger partial charge in [-0.05, 0) is 25.3 Å². The van der Waals surface area contributed by atoms with Crippen LogP contribution in [0.5, 0.6) is 0 Å². The Hall–Kier alpha value is -1.33. The highest BCUT2D eigenvalue weighted by Crippen LogP contribution is 2.09. The van der Waals surface area contributed by atoms with Gasteiger partial charge in [-0.2, -0.15) is 5.26 Å². The zero-order valence-electron chi connectivity index (χ0n) is 8.40. The largest absolute Gasteiger partial charge is 0.392 e. The number of hydrogen-bond acceptors (Lipinski definition) is 2. The van der Waals surface area contributed by atoms with Crippen molar-refractivity contribution in [2.75, 3.05) is 0 Å². The SMILES string of the molecule is Cc1cccc(CCC(O)CC#N)c1. The van der Waals surface area contributed by atoms with E-state index in [1.165, 1.54) is 11.1 Å². The van der Waals surface area contributed by atoms with Crippen molar-refractivity contribution in [3.63, 3.8) is 0 Å². The van der Waals surface area contributed by atoms with Crippen LogP contribution in [-0.4, -0.2) is 11.2 Å². The number of rotatable bonds is 4. The normalized spacial score (nSPS) is 12.1. The van der Waals surface area contributed by atoms with Gasteiger partial charge in [0.1, 0.15) is 0 Å². The summed E-state index contributed by atoms with van der Waals surface area (Å²) in [5.74, 6) is 0. The van der Waals surface area contributed by atoms with Gasteiger partial charge in [-0.15, -0.1) is 0 Å². The van der Waals surface area contributed by atoms with Crippen molar-refractivity contribution in [3.05, 3.63) is 35.4 Å². The number of benzene rings is 1. The summed E-state index contributed by atoms with van der Waals surface area (Å²) in [5.41, 5.74) is 2.46. The molecule has 0 aliphatic rings. The average Bonchev–Trinajstić information content (AvgIpc) is 2.15. The highest BCUT2D eigenvalue weighted by Gasteiger charge is 2.03. The number of nitriles is 1. The predicted molar refractivity (Wildman–Crippen MR) is 55.7 cm³/mol. The van der Waals surface area contributed by atoms with Crippen LogP contribution in [0.25, 0.3) is 0 Å². The molecule has 1 aromatic rings. The molecule has 1 aromatic carbocycles. The molecule has 0 bridgehead atoms. The van der Waals surface area contributed by atoms with Crippen LogP contribution in [0, 0.1) is 18.3 Å². The Kier molecular flexibility index (Phi) is 4.15. The Balaban J connectivity index is 2.42. The van der Waals surface area contributed by atoms with E-state index in [-0.39, 0.29) is 6.42 Å². The van der Waals surface area contributed by atoms with Crippen molar-refractivity contribution in [3.8, 4) is 6.07 Å². The molecule has 0 aromatic heterocycles. The summed E-state index contributed by atoms with van der Waals surface area (Å²) in [6, 6.07) is 10.2. The summed E-state index contributed by atoms with van der Waals surface area (Å²) in [7, 11) is 0. The minimum Gasteiger partial charge on any atom is -0.392 e. The van der Waals surface area contributed by atoms with Gasteiger partial charge >= 0.3 is 0 Å². The molecule has 0 saturated carbocycles. The summed E-state index contributed by atoms with van der Waals surface area (Å²) in [5, 5.41) is 17.7. The molecule has 1 atom stereocenters. The van der Waals surface area contributed by atoms with E-state index >= 15 is 0 Å². The molecule has 2 nitrogen and oxygen atoms in total. The van der Waals surface area contributed by atoms with Gasteiger partial charge in [0.05, 0.1) is 18.6 Å². The van der Waals surface area contributed by atoms with Crippen LogP contribution in [0.1, 0.15) is 24.0 Å². The van der Waals surface area contributed by atoms with E-state index in [1.807, 2.05) is 18.2 Å². The molecule has 0 aliphatic heterocycles. The number of nitrogens with zero attached hydrogens (tertiary/aromatic N) is 1. The van der Waals surface area contributed by atoms with E-state index in [0.717, 1.165) is 6.42 Å². The van der Waals surface area contributed by atoms with Crippen LogP contribution in [0.2, 0.25) is 0 Å². The average molecular weight is 189 g/mol. The molecular weight excluding hydrogens is 174 g/mol. The second kappa shape index (κ2) is 5.41. The molecule has 0 saturated heterocycles. The van der Waals surface area contributed by atoms with Gasteiger partial charge in [0.15, 0.2) is 0 Å². The maximum atomic E-state index is 9.36. The Labute approximate surface area is 84.8 Å². The summed E-state index contributed by atoms with van der Waals surface area (Å²) in [6.45, 7) is 2.05. The van der Waals surface area contributed by atoms with Crippen molar-refractivity contribution < 1.29 is 5.11 Å². The molecule has 0 heterocycles. The zero-order valence-corrected chi connectivity index (χ0v) is 8.40. The van der Waals surface area contributed by atoms with E-state index in [9.17, 15) is 5.11 Å². The van der Waals surface area contributed by atoms with Gasteiger partial charge in [0, 0.05) is 0 Å². The summed E-state index contributed by atoms with van der Waals surface area (Å²) >= 11 is 0. The summed E-state index contributed by atoms with van der Waals surface area (Å²) in [6.07, 6.45) is 1.24. The topological polar surface area (TPSA) is 44.0 Å². The molecular formula is C12H15NO. The molecule has 1 N–H and O–H groups in total. The van der Waals surface area contributed by atoms with Gasteiger partial charge in [-0.3, -0.25) is 0 Å². The van der Waals surface area contributed by atoms with Crippen LogP contribution in [0.15, 0.2) is 24.3 Å². The fraction of sp³-hybridized carbons (Fsp3) is 0.417. The van der Waals surface area contributed by atoms with Crippen LogP contribution >= 0.6 is 0 Å². The minimum absolute atomic E-state index is 0.228. The third-order valence-electron chi connectivity index (χ3n) is 2.18. The third kappa shape index (κ3) is 3.59. The first-order valence-corrected chi connectivity index (χ1v) is 4.83. The Morgan fingerprint density at radius 2 is 2.29 bits per heavy atom. The van der Waals surface area contributed by atoms with Gasteiger partial charge in [0.25, 0.3) is 0 Å². The molecule has 0 spiro atoms. The van der Waals surface area contributed by atoms with Gasteiger partial charge < -0.3 is 5.11 Å². The van der Waals surface area contributed by atoms with E-state index < -0.39 is 6.10 Å². The number of hydrogen-bond donors (Lipinski definition) is 1. The lowest BCUT2D eigenvalue weighted by atomic mass is 10.0. The van der Waals surface area contributed by atoms with Gasteiger partial charge in [0.2, 0.25) is 0 Å². The molecule has 2 heteroatoms. The van der Waals surface area contributed by atoms with Crippen LogP contribution < -0.4 is 0 Å². The molecule has 74 valence electrons. The smallest absolute Gasteiger partial charge is 0.0673 e. The first-order valence-electron chi connectivity index (χ1n) is 4.83. The number of aliphatic hydroxyl groups is 1. The molecule has 0 fully saturated rings. The maximum Gasteiger partial charge on any atom is 0.0673 e. The quantitative estimate of drug-likeness (QED) is 0.789. The Morgan fingerprint density at radius 3 is 2.93 bits per heavy atom. The molecule has 0 aliphatic carbocycles. The highest BCUT2D eigenvalue weighted by atomic mass is 16.3. The van der Waals surface area contributed by atoms with Crippen molar-refractivity contribution in [1.82, 2.24) is 0 Å². The lowest BCUT2D eigenvalue weighted by Crippen LogP contribution is -2.06. The number of aryl methyl sites for hydroxylation is 2. The van der Waals surface area contributed by atoms with Crippen LogP contribution in [0.4, 0.5) is 0 Å². The standard InChI is InChI=1S/C12H15NO/c1-10-3-2-4-11(9-10)5-6-12(14)7-8-13/h2-4,9,12,14H,5-7H2,1H3. The first-order chi connectivity index (χ1) is 6.72. The molecule has 1 rings (SSSR count). The van der Waals surface area contributed by atoms with Gasteiger partial charge in [-0.25, -0.2) is 0 Å². The molecule has 0 amide bonds. The molecule has 1 unspecified atom stereocenters. The van der Waals surface area contributed by atoms with Crippen LogP contribution in [0.3, 0.4) is 0 Å². The van der Waals surface area contributed by atoms with Crippen LogP contribution in [-0.2, 0) is 6.42 Å². The molecule has 14 heavy (non-hydrogen) atoms. The number of aliphatic hydroxyl groups excluding tert-OH is 1. The first kappa shape index (κ1) is 10.7. The predicted octanol–water partition coefficient (Wildman–Crippen LogP) is 2.20. The molecule has 0 radical (unpaired) electrons. The fourth-order valence-corrected chi connectivity index (χ4v) is 1.41. The van der Waals surface area contributed by atoms with Crippen molar-refractivity contribution >= 4 is 0 Å². The Morgan fingerprint density at radius 1 is 1.50 bits per heavy atom. The van der Waals surface area contributed by atoms with Crippen molar-refractivity contribution in [2.24, 2.45) is 0 Å². The monoisotopic (exact) mass is 189 g/mol. The van der Waals surface area contributed by atoms with E-state index in [0.29, 0.717) is 6.42 Å². The van der Waals surface area contributed by atoms with E-state index in [2.05, 4.69) is 19.1 Å². The second-order valence-corrected chi connectivity index (χ2v) is 3.54. The maximum absolute atomic E-state index is 9.36. The van der Waals surface area contributed by atoms with Crippen molar-refractivity contribution in [2.45, 2.75) is 32.3 Å². The minimum atomic E-state index is -0.486. The van der Waals surface area contributed by atoms with Gasteiger partial charge in [-0.1, -0.05) is 29.8 Å². The summed E-state index contributed by atoms with van der Waals surface area (Å²) < 4.78 is 0. The Bertz CT molecular complexity index is 327. The lowest BCUT2D eigenvalue weighted by molar-refractivity contribution is 0.170. The fourth-order valence-electron chi connectivity index (χ4n) is 1.41. The van der Waals surface area contributed by atoms with Crippen molar-refractivity contribution in [1.29, 1.82) is 5.26 Å². The zero-order chi connectivity index (χ0) is 10.4. The highest BCUT2D eigenvalue weighted by molar-refractivity contribution is 5.22. The second-order valence-electron chi connectivity index (χ2n) is 3.54. The lowest BCUT2D eigenvalue weighted by Gasteiger charge is -2.06. The van der Waals surface area contributed by atoms with E-state index in [1.54, 1.807) is 0 Å². The summed E-state index contributed by atoms with van der Waals surface area (Å²) in [4.78, 5) is 0. The van der Waals surface area contributed by atoms with E-state index in [4.69, 9.17) is 5.26 Å².